The van der Waals surface area contributed by atoms with Gasteiger partial charge in [0.05, 0.1) is 23.3 Å². The number of pyridine rings is 3. The average molecular weight is 511 g/mol. The van der Waals surface area contributed by atoms with Crippen LogP contribution >= 0.6 is 11.6 Å². The van der Waals surface area contributed by atoms with Crippen molar-refractivity contribution in [2.24, 2.45) is 0 Å². The van der Waals surface area contributed by atoms with Gasteiger partial charge in [0, 0.05) is 49.2 Å². The summed E-state index contributed by atoms with van der Waals surface area (Å²) in [4.78, 5) is 30.5. The monoisotopic (exact) mass is 510 g/mol. The number of hydrogen-bond donors (Lipinski definition) is 1. The maximum atomic E-state index is 13.9. The Morgan fingerprint density at radius 1 is 1.11 bits per heavy atom. The lowest BCUT2D eigenvalue weighted by Gasteiger charge is -2.25. The van der Waals surface area contributed by atoms with Gasteiger partial charge in [-0.3, -0.25) is 19.3 Å². The fourth-order valence-electron chi connectivity index (χ4n) is 3.86. The molecule has 5 rings (SSSR count). The summed E-state index contributed by atoms with van der Waals surface area (Å²) >= 11 is 6.36. The van der Waals surface area contributed by atoms with Crippen LogP contribution in [0.15, 0.2) is 47.7 Å². The van der Waals surface area contributed by atoms with E-state index in [-0.39, 0.29) is 29.0 Å². The SMILES string of the molecule is Cc1cnc(-c2ccnc(C3CNC3)n2)cc1-n1c(C)cc(OCc2ncc(F)cc2F)c(Cl)c1=O. The van der Waals surface area contributed by atoms with E-state index < -0.39 is 17.2 Å². The van der Waals surface area contributed by atoms with Gasteiger partial charge in [0.2, 0.25) is 0 Å². The number of ether oxygens (including phenoxy) is 1. The Labute approximate surface area is 210 Å². The highest BCUT2D eigenvalue weighted by molar-refractivity contribution is 6.31. The largest absolute Gasteiger partial charge is 0.485 e. The molecule has 0 aliphatic carbocycles. The van der Waals surface area contributed by atoms with E-state index in [0.717, 1.165) is 30.7 Å². The maximum absolute atomic E-state index is 13.9. The molecule has 36 heavy (non-hydrogen) atoms. The molecule has 0 amide bonds. The minimum atomic E-state index is -0.849. The first-order valence-corrected chi connectivity index (χ1v) is 11.6. The third-order valence-corrected chi connectivity index (χ3v) is 6.30. The van der Waals surface area contributed by atoms with Gasteiger partial charge in [0.1, 0.15) is 34.7 Å². The fraction of sp³-hybridized carbons (Fsp3) is 0.240. The van der Waals surface area contributed by atoms with Gasteiger partial charge in [-0.05, 0) is 31.5 Å². The van der Waals surface area contributed by atoms with Crippen LogP contribution in [0.1, 0.15) is 28.7 Å². The van der Waals surface area contributed by atoms with Gasteiger partial charge in [0.25, 0.3) is 5.56 Å². The number of nitrogens with zero attached hydrogens (tertiary/aromatic N) is 5. The summed E-state index contributed by atoms with van der Waals surface area (Å²) in [6.07, 6.45) is 4.26. The molecule has 1 saturated heterocycles. The predicted octanol–water partition coefficient (Wildman–Crippen LogP) is 3.90. The van der Waals surface area contributed by atoms with Crippen LogP contribution in [0.2, 0.25) is 5.02 Å². The van der Waals surface area contributed by atoms with E-state index in [1.807, 2.05) is 6.92 Å². The highest BCUT2D eigenvalue weighted by atomic mass is 35.5. The normalized spacial score (nSPS) is 13.5. The zero-order chi connectivity index (χ0) is 25.4. The van der Waals surface area contributed by atoms with Crippen molar-refractivity contribution < 1.29 is 13.5 Å². The smallest absolute Gasteiger partial charge is 0.277 e. The molecule has 1 aliphatic rings. The summed E-state index contributed by atoms with van der Waals surface area (Å²) in [6.45, 7) is 4.92. The lowest BCUT2D eigenvalue weighted by molar-refractivity contribution is 0.292. The second kappa shape index (κ2) is 9.71. The second-order valence-corrected chi connectivity index (χ2v) is 8.86. The molecule has 1 fully saturated rings. The Hall–Kier alpha value is -3.76. The van der Waals surface area contributed by atoms with Crippen molar-refractivity contribution in [3.05, 3.63) is 92.6 Å². The first-order chi connectivity index (χ1) is 17.3. The van der Waals surface area contributed by atoms with Crippen LogP contribution in [0.4, 0.5) is 8.78 Å². The Kier molecular flexibility index (Phi) is 6.46. The Bertz CT molecular complexity index is 1520. The molecule has 0 bridgehead atoms. The van der Waals surface area contributed by atoms with E-state index in [4.69, 9.17) is 16.3 Å². The van der Waals surface area contributed by atoms with Crippen molar-refractivity contribution in [1.29, 1.82) is 0 Å². The topological polar surface area (TPSA) is 94.8 Å². The first-order valence-electron chi connectivity index (χ1n) is 11.2. The molecule has 1 N–H and O–H groups in total. The molecule has 0 saturated carbocycles. The van der Waals surface area contributed by atoms with E-state index in [9.17, 15) is 13.6 Å². The highest BCUT2D eigenvalue weighted by Crippen LogP contribution is 2.27. The Balaban J connectivity index is 1.48. The van der Waals surface area contributed by atoms with Gasteiger partial charge in [-0.15, -0.1) is 0 Å². The first kappa shape index (κ1) is 24.0. The van der Waals surface area contributed by atoms with Gasteiger partial charge in [-0.25, -0.2) is 18.7 Å². The lowest BCUT2D eigenvalue weighted by Crippen LogP contribution is -2.40. The van der Waals surface area contributed by atoms with Crippen LogP contribution in [-0.4, -0.2) is 37.6 Å². The van der Waals surface area contributed by atoms with E-state index in [2.05, 4.69) is 25.3 Å². The van der Waals surface area contributed by atoms with Gasteiger partial charge in [-0.1, -0.05) is 11.6 Å². The molecule has 0 atom stereocenters. The van der Waals surface area contributed by atoms with Crippen LogP contribution in [-0.2, 0) is 6.61 Å². The Morgan fingerprint density at radius 3 is 2.64 bits per heavy atom. The van der Waals surface area contributed by atoms with Crippen LogP contribution in [0.25, 0.3) is 17.1 Å². The minimum Gasteiger partial charge on any atom is -0.485 e. The summed E-state index contributed by atoms with van der Waals surface area (Å²) in [6, 6.07) is 5.85. The van der Waals surface area contributed by atoms with Crippen LogP contribution in [0.5, 0.6) is 5.75 Å². The van der Waals surface area contributed by atoms with Crippen LogP contribution in [0.3, 0.4) is 0 Å². The van der Waals surface area contributed by atoms with E-state index in [0.29, 0.717) is 28.8 Å². The summed E-state index contributed by atoms with van der Waals surface area (Å²) in [7, 11) is 0. The number of halogens is 3. The number of aromatic nitrogens is 5. The fourth-order valence-corrected chi connectivity index (χ4v) is 4.05. The molecule has 11 heteroatoms. The van der Waals surface area contributed by atoms with E-state index in [1.54, 1.807) is 37.5 Å². The molecule has 1 aliphatic heterocycles. The second-order valence-electron chi connectivity index (χ2n) is 8.49. The van der Waals surface area contributed by atoms with Crippen LogP contribution in [0, 0.1) is 25.5 Å². The number of nitrogens with one attached hydrogen (secondary N) is 1. The molecule has 0 spiro atoms. The molecule has 0 radical (unpaired) electrons. The average Bonchev–Trinajstić information content (AvgIpc) is 2.82. The quantitative estimate of drug-likeness (QED) is 0.420. The van der Waals surface area contributed by atoms with Crippen LogP contribution < -0.4 is 15.6 Å². The number of rotatable bonds is 6. The number of aryl methyl sites for hydroxylation is 2. The van der Waals surface area contributed by atoms with Crippen molar-refractivity contribution >= 4 is 11.6 Å². The molecule has 0 aromatic carbocycles. The summed E-state index contributed by atoms with van der Waals surface area (Å²) in [5, 5.41) is 3.03. The summed E-state index contributed by atoms with van der Waals surface area (Å²) < 4.78 is 34.0. The molecular weight excluding hydrogens is 490 g/mol. The van der Waals surface area contributed by atoms with Crippen molar-refractivity contribution in [2.45, 2.75) is 26.4 Å². The van der Waals surface area contributed by atoms with E-state index >= 15 is 0 Å². The third-order valence-electron chi connectivity index (χ3n) is 5.95. The summed E-state index contributed by atoms with van der Waals surface area (Å²) in [5.74, 6) is -0.553. The molecular formula is C25H21ClF2N6O2. The highest BCUT2D eigenvalue weighted by Gasteiger charge is 2.22. The molecule has 5 heterocycles. The molecule has 0 unspecified atom stereocenters. The predicted molar refractivity (Wildman–Crippen MR) is 129 cm³/mol. The van der Waals surface area contributed by atoms with Gasteiger partial charge in [-0.2, -0.15) is 0 Å². The zero-order valence-electron chi connectivity index (χ0n) is 19.4. The molecule has 184 valence electrons. The molecule has 4 aromatic rings. The lowest BCUT2D eigenvalue weighted by atomic mass is 10.0. The van der Waals surface area contributed by atoms with Gasteiger partial charge < -0.3 is 10.1 Å². The van der Waals surface area contributed by atoms with Gasteiger partial charge >= 0.3 is 0 Å². The van der Waals surface area contributed by atoms with E-state index in [1.165, 1.54) is 4.57 Å². The van der Waals surface area contributed by atoms with Crippen molar-refractivity contribution in [1.82, 2.24) is 29.8 Å². The van der Waals surface area contributed by atoms with Crippen molar-refractivity contribution in [2.75, 3.05) is 13.1 Å². The van der Waals surface area contributed by atoms with Crippen molar-refractivity contribution in [3.8, 4) is 22.8 Å². The standard InChI is InChI=1S/C25H21ClF2N6O2/c1-13-8-31-19(18-3-4-30-24(33-18)15-9-29-10-15)7-21(13)34-14(2)5-22(23(26)25(34)35)36-12-20-17(28)6-16(27)11-32-20/h3-8,11,15,29H,9-10,12H2,1-2H3. The molecule has 8 nitrogen and oxygen atoms in total. The number of hydrogen-bond acceptors (Lipinski definition) is 7. The maximum Gasteiger partial charge on any atom is 0.277 e. The third kappa shape index (κ3) is 4.57. The van der Waals surface area contributed by atoms with Crippen molar-refractivity contribution in [3.63, 3.8) is 0 Å². The summed E-state index contributed by atoms with van der Waals surface area (Å²) in [5.41, 5.74) is 2.51. The van der Waals surface area contributed by atoms with Gasteiger partial charge in [0.15, 0.2) is 5.82 Å². The Morgan fingerprint density at radius 2 is 1.92 bits per heavy atom. The molecule has 4 aromatic heterocycles. The minimum absolute atomic E-state index is 0.0717. The zero-order valence-corrected chi connectivity index (χ0v) is 20.2.